The molecule has 2 heterocycles. The van der Waals surface area contributed by atoms with Gasteiger partial charge < -0.3 is 25.0 Å². The summed E-state index contributed by atoms with van der Waals surface area (Å²) in [5.74, 6) is -0.810. The molecule has 0 saturated carbocycles. The smallest absolute Gasteiger partial charge is 0.262 e. The second-order valence-electron chi connectivity index (χ2n) is 9.15. The molecular formula is C28H27N3O4. The van der Waals surface area contributed by atoms with Gasteiger partial charge in [-0.05, 0) is 73.2 Å². The summed E-state index contributed by atoms with van der Waals surface area (Å²) in [4.78, 5) is 33.2. The zero-order valence-electron chi connectivity index (χ0n) is 19.7. The number of H-pyrrole nitrogens is 1. The predicted octanol–water partition coefficient (Wildman–Crippen LogP) is 4.83. The number of amides is 2. The molecule has 0 saturated heterocycles. The van der Waals surface area contributed by atoms with Crippen LogP contribution >= 0.6 is 0 Å². The van der Waals surface area contributed by atoms with E-state index in [9.17, 15) is 19.8 Å². The van der Waals surface area contributed by atoms with Gasteiger partial charge in [-0.2, -0.15) is 0 Å². The molecule has 7 heteroatoms. The number of carbonyl (C=O) groups excluding carboxylic acids is 2. The fourth-order valence-electron chi connectivity index (χ4n) is 4.79. The van der Waals surface area contributed by atoms with Crippen LogP contribution in [0.3, 0.4) is 0 Å². The number of carbonyl (C=O) groups is 2. The van der Waals surface area contributed by atoms with Crippen LogP contribution in [0, 0.1) is 0 Å². The number of phenolic OH excluding ortho intramolecular Hbond substituents is 2. The van der Waals surface area contributed by atoms with Gasteiger partial charge in [-0.25, -0.2) is 0 Å². The summed E-state index contributed by atoms with van der Waals surface area (Å²) in [7, 11) is 1.78. The fourth-order valence-corrected chi connectivity index (χ4v) is 4.79. The Morgan fingerprint density at radius 2 is 1.86 bits per heavy atom. The molecular weight excluding hydrogens is 442 g/mol. The van der Waals surface area contributed by atoms with Crippen molar-refractivity contribution in [1.29, 1.82) is 0 Å². The zero-order valence-corrected chi connectivity index (χ0v) is 19.7. The third-order valence-corrected chi connectivity index (χ3v) is 6.63. The van der Waals surface area contributed by atoms with Crippen LogP contribution in [0.25, 0.3) is 10.9 Å². The van der Waals surface area contributed by atoms with Gasteiger partial charge in [0, 0.05) is 41.6 Å². The lowest BCUT2D eigenvalue weighted by atomic mass is 9.93. The van der Waals surface area contributed by atoms with E-state index in [4.69, 9.17) is 0 Å². The molecule has 3 aromatic carbocycles. The minimum atomic E-state index is -0.342. The predicted molar refractivity (Wildman–Crippen MR) is 135 cm³/mol. The highest BCUT2D eigenvalue weighted by Gasteiger charge is 2.31. The number of benzene rings is 3. The van der Waals surface area contributed by atoms with Crippen molar-refractivity contribution in [2.75, 3.05) is 11.9 Å². The van der Waals surface area contributed by atoms with Gasteiger partial charge in [0.25, 0.3) is 11.8 Å². The Morgan fingerprint density at radius 1 is 1.06 bits per heavy atom. The first-order valence-corrected chi connectivity index (χ1v) is 11.6. The van der Waals surface area contributed by atoms with E-state index >= 15 is 0 Å². The van der Waals surface area contributed by atoms with Crippen molar-refractivity contribution < 1.29 is 19.8 Å². The highest BCUT2D eigenvalue weighted by Crippen LogP contribution is 2.35. The van der Waals surface area contributed by atoms with E-state index in [1.54, 1.807) is 22.9 Å². The van der Waals surface area contributed by atoms with Crippen LogP contribution < -0.4 is 4.90 Å². The van der Waals surface area contributed by atoms with Crippen molar-refractivity contribution in [3.63, 3.8) is 0 Å². The number of fused-ring (bicyclic) bond motifs is 2. The molecule has 0 bridgehead atoms. The van der Waals surface area contributed by atoms with Crippen LogP contribution in [0.5, 0.6) is 11.5 Å². The number of hydrogen-bond acceptors (Lipinski definition) is 4. The summed E-state index contributed by atoms with van der Waals surface area (Å²) in [5, 5.41) is 20.9. The molecule has 2 amide bonds. The summed E-state index contributed by atoms with van der Waals surface area (Å²) in [5.41, 5.74) is 4.34. The van der Waals surface area contributed by atoms with Gasteiger partial charge in [0.05, 0.1) is 12.1 Å². The molecule has 1 aromatic heterocycles. The first-order chi connectivity index (χ1) is 16.8. The van der Waals surface area contributed by atoms with Crippen molar-refractivity contribution in [3.05, 3.63) is 89.1 Å². The SMILES string of the molecule is CC1CCc2cc(C(=O)N(C)Cc3cc4ccccc4[nH]3)ccc2N1C(=O)c1ccc(O)cc1O. The Balaban J connectivity index is 1.39. The van der Waals surface area contributed by atoms with Crippen molar-refractivity contribution >= 4 is 28.4 Å². The van der Waals surface area contributed by atoms with E-state index in [2.05, 4.69) is 11.1 Å². The second-order valence-corrected chi connectivity index (χ2v) is 9.15. The lowest BCUT2D eigenvalue weighted by molar-refractivity contribution is 0.0783. The van der Waals surface area contributed by atoms with Crippen molar-refractivity contribution in [3.8, 4) is 11.5 Å². The van der Waals surface area contributed by atoms with E-state index in [-0.39, 0.29) is 34.9 Å². The van der Waals surface area contributed by atoms with Crippen LogP contribution in [0.2, 0.25) is 0 Å². The lowest BCUT2D eigenvalue weighted by Gasteiger charge is -2.35. The molecule has 0 spiro atoms. The molecule has 4 aromatic rings. The molecule has 178 valence electrons. The third kappa shape index (κ3) is 4.21. The van der Waals surface area contributed by atoms with Gasteiger partial charge in [0.2, 0.25) is 0 Å². The van der Waals surface area contributed by atoms with Crippen LogP contribution in [0.15, 0.2) is 66.7 Å². The second kappa shape index (κ2) is 8.83. The molecule has 0 aliphatic carbocycles. The number of para-hydroxylation sites is 1. The summed E-state index contributed by atoms with van der Waals surface area (Å²) in [6, 6.07) is 19.4. The highest BCUT2D eigenvalue weighted by molar-refractivity contribution is 6.09. The molecule has 5 rings (SSSR count). The molecule has 1 unspecified atom stereocenters. The van der Waals surface area contributed by atoms with Gasteiger partial charge >= 0.3 is 0 Å². The first-order valence-electron chi connectivity index (χ1n) is 11.6. The number of aryl methyl sites for hydroxylation is 1. The number of hydrogen-bond donors (Lipinski definition) is 3. The van der Waals surface area contributed by atoms with Crippen LogP contribution in [-0.2, 0) is 13.0 Å². The molecule has 7 nitrogen and oxygen atoms in total. The van der Waals surface area contributed by atoms with Gasteiger partial charge in [0.1, 0.15) is 11.5 Å². The van der Waals surface area contributed by atoms with Crippen LogP contribution in [-0.4, -0.2) is 45.0 Å². The maximum Gasteiger partial charge on any atom is 0.262 e. The Labute approximate surface area is 203 Å². The van der Waals surface area contributed by atoms with E-state index in [0.717, 1.165) is 46.8 Å². The maximum absolute atomic E-state index is 13.3. The standard InChI is InChI=1S/C28H27N3O4/c1-17-7-8-19-13-20(27(34)30(2)16-21-14-18-5-3-4-6-24(18)29-21)9-12-25(19)31(17)28(35)23-11-10-22(32)15-26(23)33/h3-6,9-15,17,29,32-33H,7-8,16H2,1-2H3. The fraction of sp³-hybridized carbons (Fsp3) is 0.214. The van der Waals surface area contributed by atoms with E-state index < -0.39 is 0 Å². The maximum atomic E-state index is 13.3. The van der Waals surface area contributed by atoms with Crippen molar-refractivity contribution in [2.24, 2.45) is 0 Å². The summed E-state index contributed by atoms with van der Waals surface area (Å²) in [6.07, 6.45) is 1.48. The molecule has 35 heavy (non-hydrogen) atoms. The van der Waals surface area contributed by atoms with E-state index in [0.29, 0.717) is 12.1 Å². The monoisotopic (exact) mass is 469 g/mol. The number of nitrogens with one attached hydrogen (secondary N) is 1. The Hall–Kier alpha value is -4.26. The molecule has 1 atom stereocenters. The number of anilines is 1. The van der Waals surface area contributed by atoms with Gasteiger partial charge in [0.15, 0.2) is 0 Å². The quantitative estimate of drug-likeness (QED) is 0.399. The van der Waals surface area contributed by atoms with E-state index in [1.165, 1.54) is 12.1 Å². The molecule has 3 N–H and O–H groups in total. The number of aromatic amines is 1. The third-order valence-electron chi connectivity index (χ3n) is 6.63. The molecule has 0 radical (unpaired) electrons. The topological polar surface area (TPSA) is 96.9 Å². The summed E-state index contributed by atoms with van der Waals surface area (Å²) < 4.78 is 0. The van der Waals surface area contributed by atoms with Crippen molar-refractivity contribution in [1.82, 2.24) is 9.88 Å². The summed E-state index contributed by atoms with van der Waals surface area (Å²) >= 11 is 0. The Kier molecular flexibility index (Phi) is 5.68. The number of rotatable bonds is 4. The number of aromatic hydroxyl groups is 2. The summed E-state index contributed by atoms with van der Waals surface area (Å²) in [6.45, 7) is 2.41. The number of phenols is 2. The number of aromatic nitrogens is 1. The van der Waals surface area contributed by atoms with Gasteiger partial charge in [-0.3, -0.25) is 9.59 Å². The minimum absolute atomic E-state index is 0.0746. The van der Waals surface area contributed by atoms with Crippen LogP contribution in [0.1, 0.15) is 45.3 Å². The first kappa shape index (κ1) is 22.5. The van der Waals surface area contributed by atoms with Crippen LogP contribution in [0.4, 0.5) is 5.69 Å². The molecule has 1 aliphatic rings. The van der Waals surface area contributed by atoms with Gasteiger partial charge in [-0.15, -0.1) is 0 Å². The Bertz CT molecular complexity index is 1410. The number of nitrogens with zero attached hydrogens (tertiary/aromatic N) is 2. The average Bonchev–Trinajstić information content (AvgIpc) is 3.25. The zero-order chi connectivity index (χ0) is 24.7. The van der Waals surface area contributed by atoms with E-state index in [1.807, 2.05) is 43.3 Å². The normalized spacial score (nSPS) is 15.1. The lowest BCUT2D eigenvalue weighted by Crippen LogP contribution is -2.42. The Morgan fingerprint density at radius 3 is 2.63 bits per heavy atom. The van der Waals surface area contributed by atoms with Gasteiger partial charge in [-0.1, -0.05) is 18.2 Å². The minimum Gasteiger partial charge on any atom is -0.508 e. The highest BCUT2D eigenvalue weighted by atomic mass is 16.3. The van der Waals surface area contributed by atoms with Crippen molar-refractivity contribution in [2.45, 2.75) is 32.4 Å². The molecule has 0 fully saturated rings. The average molecular weight is 470 g/mol. The largest absolute Gasteiger partial charge is 0.508 e. The molecule has 1 aliphatic heterocycles.